The summed E-state index contributed by atoms with van der Waals surface area (Å²) in [6, 6.07) is 14.8. The Balaban J connectivity index is 2.22. The van der Waals surface area contributed by atoms with Gasteiger partial charge >= 0.3 is 5.63 Å². The van der Waals surface area contributed by atoms with Crippen LogP contribution in [-0.2, 0) is 0 Å². The third-order valence-electron chi connectivity index (χ3n) is 3.31. The van der Waals surface area contributed by atoms with Crippen LogP contribution >= 0.6 is 0 Å². The van der Waals surface area contributed by atoms with Crippen LogP contribution in [0.3, 0.4) is 0 Å². The molecule has 1 radical (unpaired) electrons. The Morgan fingerprint density at radius 2 is 1.80 bits per heavy atom. The van der Waals surface area contributed by atoms with E-state index >= 15 is 0 Å². The molecule has 0 saturated heterocycles. The summed E-state index contributed by atoms with van der Waals surface area (Å²) in [6.45, 7) is 1.97. The van der Waals surface area contributed by atoms with Crippen molar-refractivity contribution in [1.82, 2.24) is 0 Å². The molecular weight excluding hydrogens is 249 g/mol. The smallest absolute Gasteiger partial charge is 0.344 e. The number of nitrogens with two attached hydrogens (primary N) is 1. The zero-order chi connectivity index (χ0) is 14.1. The predicted molar refractivity (Wildman–Crippen MR) is 83.6 cm³/mol. The minimum Gasteiger partial charge on any atom is -0.422 e. The van der Waals surface area contributed by atoms with E-state index in [1.165, 1.54) is 0 Å². The van der Waals surface area contributed by atoms with Gasteiger partial charge in [0.2, 0.25) is 0 Å². The second-order valence-electron chi connectivity index (χ2n) is 4.66. The van der Waals surface area contributed by atoms with Crippen LogP contribution in [0.5, 0.6) is 0 Å². The molecule has 0 fully saturated rings. The Hall–Kier alpha value is -2.49. The fourth-order valence-electron chi connectivity index (χ4n) is 2.19. The van der Waals surface area contributed by atoms with Gasteiger partial charge in [0.05, 0.1) is 5.56 Å². The van der Waals surface area contributed by atoms with Gasteiger partial charge in [-0.25, -0.2) is 4.79 Å². The summed E-state index contributed by atoms with van der Waals surface area (Å²) in [4.78, 5) is 12.1. The first-order valence-corrected chi connectivity index (χ1v) is 6.40. The molecule has 4 heteroatoms. The van der Waals surface area contributed by atoms with Crippen molar-refractivity contribution in [2.75, 3.05) is 5.73 Å². The lowest BCUT2D eigenvalue weighted by atomic mass is 9.73. The molecule has 1 heterocycles. The van der Waals surface area contributed by atoms with Crippen LogP contribution in [0.2, 0.25) is 6.82 Å². The number of benzene rings is 2. The summed E-state index contributed by atoms with van der Waals surface area (Å²) in [5.74, 6) is 0. The highest BCUT2D eigenvalue weighted by molar-refractivity contribution is 6.52. The highest BCUT2D eigenvalue weighted by Crippen LogP contribution is 2.21. The van der Waals surface area contributed by atoms with Crippen LogP contribution in [0, 0.1) is 0 Å². The van der Waals surface area contributed by atoms with Crippen molar-refractivity contribution in [3.63, 3.8) is 0 Å². The van der Waals surface area contributed by atoms with Crippen molar-refractivity contribution >= 4 is 29.4 Å². The van der Waals surface area contributed by atoms with Gasteiger partial charge in [-0.3, -0.25) is 0 Å². The number of fused-ring (bicyclic) bond motifs is 1. The zero-order valence-electron chi connectivity index (χ0n) is 11.1. The largest absolute Gasteiger partial charge is 0.422 e. The molecular formula is C16H13BNO2. The standard InChI is InChI=1S/C16H13BNO2/c1-17-12-4-7-15-11(8-12)9-14(16(19)20-15)10-2-5-13(18)6-3-10/h2-9H,18H2,1H3. The van der Waals surface area contributed by atoms with Gasteiger partial charge < -0.3 is 10.2 Å². The van der Waals surface area contributed by atoms with E-state index in [4.69, 9.17) is 10.2 Å². The van der Waals surface area contributed by atoms with Crippen molar-refractivity contribution in [3.8, 4) is 11.1 Å². The van der Waals surface area contributed by atoms with Crippen LogP contribution in [0.15, 0.2) is 57.7 Å². The Bertz CT molecular complexity index is 822. The molecule has 0 bridgehead atoms. The van der Waals surface area contributed by atoms with Gasteiger partial charge in [0.15, 0.2) is 0 Å². The van der Waals surface area contributed by atoms with Crippen LogP contribution in [0.4, 0.5) is 5.69 Å². The molecule has 97 valence electrons. The average Bonchev–Trinajstić information content (AvgIpc) is 2.47. The second kappa shape index (κ2) is 4.89. The van der Waals surface area contributed by atoms with E-state index < -0.39 is 0 Å². The van der Waals surface area contributed by atoms with Crippen molar-refractivity contribution in [3.05, 3.63) is 59.0 Å². The number of anilines is 1. The Morgan fingerprint density at radius 3 is 2.50 bits per heavy atom. The lowest BCUT2D eigenvalue weighted by Gasteiger charge is -2.04. The molecule has 0 amide bonds. The van der Waals surface area contributed by atoms with Gasteiger partial charge in [-0.1, -0.05) is 36.6 Å². The highest BCUT2D eigenvalue weighted by atomic mass is 16.4. The van der Waals surface area contributed by atoms with E-state index in [0.717, 1.165) is 16.4 Å². The summed E-state index contributed by atoms with van der Waals surface area (Å²) < 4.78 is 5.38. The third kappa shape index (κ3) is 2.20. The van der Waals surface area contributed by atoms with Crippen LogP contribution in [-0.4, -0.2) is 7.28 Å². The molecule has 0 saturated carbocycles. The summed E-state index contributed by atoms with van der Waals surface area (Å²) >= 11 is 0. The van der Waals surface area contributed by atoms with E-state index in [1.807, 2.05) is 50.5 Å². The Kier molecular flexibility index (Phi) is 3.07. The maximum atomic E-state index is 12.1. The van der Waals surface area contributed by atoms with E-state index in [9.17, 15) is 4.79 Å². The maximum Gasteiger partial charge on any atom is 0.344 e. The number of hydrogen-bond donors (Lipinski definition) is 1. The summed E-state index contributed by atoms with van der Waals surface area (Å²) in [6.07, 6.45) is 0. The normalized spacial score (nSPS) is 10.7. The van der Waals surface area contributed by atoms with Crippen molar-refractivity contribution < 1.29 is 4.42 Å². The first-order valence-electron chi connectivity index (χ1n) is 6.40. The molecule has 0 unspecified atom stereocenters. The quantitative estimate of drug-likeness (QED) is 0.438. The maximum absolute atomic E-state index is 12.1. The first kappa shape index (κ1) is 12.5. The Labute approximate surface area is 117 Å². The summed E-state index contributed by atoms with van der Waals surface area (Å²) in [7, 11) is 2.01. The molecule has 0 aliphatic rings. The molecule has 3 nitrogen and oxygen atoms in total. The predicted octanol–water partition coefficient (Wildman–Crippen LogP) is 2.42. The molecule has 0 aliphatic carbocycles. The van der Waals surface area contributed by atoms with Crippen molar-refractivity contribution in [2.45, 2.75) is 6.82 Å². The van der Waals surface area contributed by atoms with E-state index in [0.29, 0.717) is 16.8 Å². The SMILES string of the molecule is C[B]c1ccc2oc(=O)c(-c3ccc(N)cc3)cc2c1. The van der Waals surface area contributed by atoms with Gasteiger partial charge in [0.25, 0.3) is 0 Å². The number of rotatable bonds is 2. The van der Waals surface area contributed by atoms with Crippen LogP contribution < -0.4 is 16.8 Å². The lowest BCUT2D eigenvalue weighted by Crippen LogP contribution is -2.10. The second-order valence-corrected chi connectivity index (χ2v) is 4.66. The number of nitrogen functional groups attached to an aromatic ring is 1. The van der Waals surface area contributed by atoms with Crippen LogP contribution in [0.25, 0.3) is 22.1 Å². The van der Waals surface area contributed by atoms with E-state index in [-0.39, 0.29) is 5.63 Å². The minimum atomic E-state index is -0.338. The monoisotopic (exact) mass is 262 g/mol. The fraction of sp³-hybridized carbons (Fsp3) is 0.0625. The van der Waals surface area contributed by atoms with Gasteiger partial charge in [-0.05, 0) is 29.8 Å². The van der Waals surface area contributed by atoms with Gasteiger partial charge in [0, 0.05) is 11.1 Å². The molecule has 3 rings (SSSR count). The molecule has 0 atom stereocenters. The van der Waals surface area contributed by atoms with Crippen molar-refractivity contribution in [1.29, 1.82) is 0 Å². The Morgan fingerprint density at radius 1 is 1.05 bits per heavy atom. The lowest BCUT2D eigenvalue weighted by molar-refractivity contribution is 0.563. The zero-order valence-corrected chi connectivity index (χ0v) is 11.1. The first-order chi connectivity index (χ1) is 9.67. The molecule has 20 heavy (non-hydrogen) atoms. The summed E-state index contributed by atoms with van der Waals surface area (Å²) in [5.41, 5.74) is 9.04. The summed E-state index contributed by atoms with van der Waals surface area (Å²) in [5, 5.41) is 0.909. The molecule has 1 aromatic heterocycles. The topological polar surface area (TPSA) is 56.2 Å². The van der Waals surface area contributed by atoms with E-state index in [1.54, 1.807) is 12.1 Å². The molecule has 2 aromatic carbocycles. The van der Waals surface area contributed by atoms with Crippen LogP contribution in [0.1, 0.15) is 0 Å². The number of hydrogen-bond acceptors (Lipinski definition) is 3. The molecule has 2 N–H and O–H groups in total. The fourth-order valence-corrected chi connectivity index (χ4v) is 2.19. The van der Waals surface area contributed by atoms with Gasteiger partial charge in [0.1, 0.15) is 12.9 Å². The van der Waals surface area contributed by atoms with Gasteiger partial charge in [-0.15, -0.1) is 0 Å². The van der Waals surface area contributed by atoms with E-state index in [2.05, 4.69) is 0 Å². The highest BCUT2D eigenvalue weighted by Gasteiger charge is 2.08. The molecule has 0 spiro atoms. The molecule has 0 aliphatic heterocycles. The van der Waals surface area contributed by atoms with Gasteiger partial charge in [-0.2, -0.15) is 0 Å². The molecule has 3 aromatic rings. The third-order valence-corrected chi connectivity index (χ3v) is 3.31. The van der Waals surface area contributed by atoms with Crippen molar-refractivity contribution in [2.24, 2.45) is 0 Å². The average molecular weight is 262 g/mol. The minimum absolute atomic E-state index is 0.338.